The van der Waals surface area contributed by atoms with Crippen LogP contribution in [0.25, 0.3) is 0 Å². The molecule has 1 aliphatic rings. The Morgan fingerprint density at radius 2 is 2.35 bits per heavy atom. The second-order valence-corrected chi connectivity index (χ2v) is 6.99. The molecular weight excluding hydrogens is 302 g/mol. The molecule has 0 bridgehead atoms. The van der Waals surface area contributed by atoms with Crippen molar-refractivity contribution in [2.75, 3.05) is 6.54 Å². The summed E-state index contributed by atoms with van der Waals surface area (Å²) in [5, 5.41) is 12.5. The summed E-state index contributed by atoms with van der Waals surface area (Å²) in [6, 6.07) is 3.91. The van der Waals surface area contributed by atoms with Gasteiger partial charge in [0.25, 0.3) is 0 Å². The predicted octanol–water partition coefficient (Wildman–Crippen LogP) is 2.33. The molecule has 1 fully saturated rings. The van der Waals surface area contributed by atoms with Gasteiger partial charge in [-0.25, -0.2) is 0 Å². The minimum absolute atomic E-state index is 0.0402. The van der Waals surface area contributed by atoms with Crippen LogP contribution >= 0.6 is 27.3 Å². The molecule has 2 rings (SSSR count). The molecular formula is C12H16BrNO2S. The third-order valence-electron chi connectivity index (χ3n) is 3.14. The topological polar surface area (TPSA) is 49.3 Å². The molecule has 1 aromatic rings. The van der Waals surface area contributed by atoms with Gasteiger partial charge in [-0.15, -0.1) is 11.3 Å². The van der Waals surface area contributed by atoms with Crippen molar-refractivity contribution in [3.63, 3.8) is 0 Å². The highest BCUT2D eigenvalue weighted by atomic mass is 79.9. The van der Waals surface area contributed by atoms with Gasteiger partial charge >= 0.3 is 0 Å². The smallest absolute Gasteiger partial charge is 0.225 e. The van der Waals surface area contributed by atoms with Gasteiger partial charge in [0.05, 0.1) is 16.3 Å². The number of halogens is 1. The minimum Gasteiger partial charge on any atom is -0.393 e. The largest absolute Gasteiger partial charge is 0.393 e. The molecule has 2 atom stereocenters. The zero-order valence-electron chi connectivity index (χ0n) is 9.49. The lowest BCUT2D eigenvalue weighted by molar-refractivity contribution is -0.120. The van der Waals surface area contributed by atoms with Gasteiger partial charge in [0.15, 0.2) is 0 Å². The number of carbonyl (C=O) groups is 1. The highest BCUT2D eigenvalue weighted by molar-refractivity contribution is 9.11. The van der Waals surface area contributed by atoms with E-state index in [0.717, 1.165) is 27.9 Å². The normalized spacial score (nSPS) is 23.9. The number of amides is 1. The lowest BCUT2D eigenvalue weighted by atomic mass is 10.1. The van der Waals surface area contributed by atoms with Crippen LogP contribution in [0.4, 0.5) is 0 Å². The minimum atomic E-state index is -0.230. The number of hydrogen-bond acceptors (Lipinski definition) is 3. The molecule has 1 heterocycles. The van der Waals surface area contributed by atoms with Gasteiger partial charge in [-0.05, 0) is 40.9 Å². The van der Waals surface area contributed by atoms with Gasteiger partial charge in [0, 0.05) is 17.3 Å². The maximum Gasteiger partial charge on any atom is 0.225 e. The van der Waals surface area contributed by atoms with Crippen LogP contribution in [0.2, 0.25) is 0 Å². The number of carbonyl (C=O) groups excluding carboxylic acids is 1. The Labute approximate surface area is 113 Å². The van der Waals surface area contributed by atoms with Crippen LogP contribution in [0, 0.1) is 5.92 Å². The van der Waals surface area contributed by atoms with Gasteiger partial charge in [0.1, 0.15) is 0 Å². The van der Waals surface area contributed by atoms with E-state index < -0.39 is 0 Å². The summed E-state index contributed by atoms with van der Waals surface area (Å²) in [6.45, 7) is 0.604. The molecule has 1 amide bonds. The van der Waals surface area contributed by atoms with Gasteiger partial charge in [-0.2, -0.15) is 0 Å². The average molecular weight is 318 g/mol. The van der Waals surface area contributed by atoms with E-state index in [9.17, 15) is 9.90 Å². The quantitative estimate of drug-likeness (QED) is 0.895. The fourth-order valence-electron chi connectivity index (χ4n) is 2.17. The molecule has 3 nitrogen and oxygen atoms in total. The van der Waals surface area contributed by atoms with E-state index in [1.54, 1.807) is 11.3 Å². The Kier molecular flexibility index (Phi) is 4.59. The Bertz CT molecular complexity index is 394. The zero-order valence-corrected chi connectivity index (χ0v) is 11.9. The maximum absolute atomic E-state index is 11.7. The fraction of sp³-hybridized carbons (Fsp3) is 0.583. The van der Waals surface area contributed by atoms with Crippen LogP contribution < -0.4 is 5.32 Å². The van der Waals surface area contributed by atoms with Crippen molar-refractivity contribution in [1.29, 1.82) is 0 Å². The molecule has 0 spiro atoms. The first kappa shape index (κ1) is 13.1. The number of thiophene rings is 1. The van der Waals surface area contributed by atoms with E-state index >= 15 is 0 Å². The molecule has 0 aromatic carbocycles. The number of hydrogen-bond donors (Lipinski definition) is 2. The fourth-order valence-corrected chi connectivity index (χ4v) is 3.65. The third-order valence-corrected chi connectivity index (χ3v) is 4.77. The number of aliphatic hydroxyl groups is 1. The second-order valence-electron chi connectivity index (χ2n) is 4.45. The van der Waals surface area contributed by atoms with Gasteiger partial charge in [-0.1, -0.05) is 6.42 Å². The second kappa shape index (κ2) is 5.98. The summed E-state index contributed by atoms with van der Waals surface area (Å²) in [6.07, 6.45) is 3.16. The molecule has 0 aliphatic heterocycles. The average Bonchev–Trinajstić information content (AvgIpc) is 2.85. The van der Waals surface area contributed by atoms with E-state index in [1.807, 2.05) is 12.1 Å². The van der Waals surface area contributed by atoms with Crippen LogP contribution in [-0.2, 0) is 11.2 Å². The molecule has 0 saturated heterocycles. The molecule has 1 aliphatic carbocycles. The molecule has 1 aromatic heterocycles. The lowest BCUT2D eigenvalue weighted by Crippen LogP contribution is -2.33. The van der Waals surface area contributed by atoms with Gasteiger partial charge < -0.3 is 10.4 Å². The SMILES string of the molecule is O=C(Cc1ccc(Br)s1)NCC1CCCC1O. The van der Waals surface area contributed by atoms with Crippen molar-refractivity contribution < 1.29 is 9.90 Å². The molecule has 1 saturated carbocycles. The summed E-state index contributed by atoms with van der Waals surface area (Å²) in [4.78, 5) is 12.7. The molecule has 2 unspecified atom stereocenters. The van der Waals surface area contributed by atoms with E-state index in [2.05, 4.69) is 21.2 Å². The first-order valence-corrected chi connectivity index (χ1v) is 7.45. The zero-order chi connectivity index (χ0) is 12.3. The van der Waals surface area contributed by atoms with Crippen LogP contribution in [0.15, 0.2) is 15.9 Å². The predicted molar refractivity (Wildman–Crippen MR) is 72.1 cm³/mol. The summed E-state index contributed by atoms with van der Waals surface area (Å²) in [5.41, 5.74) is 0. The standard InChI is InChI=1S/C12H16BrNO2S/c13-11-5-4-9(17-11)6-12(16)14-7-8-2-1-3-10(8)15/h4-5,8,10,15H,1-3,6-7H2,(H,14,16). The molecule has 17 heavy (non-hydrogen) atoms. The van der Waals surface area contributed by atoms with Crippen molar-refractivity contribution in [3.8, 4) is 0 Å². The van der Waals surface area contributed by atoms with Crippen molar-refractivity contribution in [3.05, 3.63) is 20.8 Å². The maximum atomic E-state index is 11.7. The summed E-state index contributed by atoms with van der Waals surface area (Å²) in [7, 11) is 0. The Balaban J connectivity index is 1.74. The highest BCUT2D eigenvalue weighted by Gasteiger charge is 2.25. The van der Waals surface area contributed by atoms with Crippen LogP contribution in [0.3, 0.4) is 0 Å². The summed E-state index contributed by atoms with van der Waals surface area (Å²) < 4.78 is 1.05. The van der Waals surface area contributed by atoms with E-state index in [-0.39, 0.29) is 17.9 Å². The van der Waals surface area contributed by atoms with Gasteiger partial charge in [-0.3, -0.25) is 4.79 Å². The molecule has 0 radical (unpaired) electrons. The molecule has 94 valence electrons. The molecule has 5 heteroatoms. The van der Waals surface area contributed by atoms with Crippen molar-refractivity contribution >= 4 is 33.2 Å². The van der Waals surface area contributed by atoms with Crippen molar-refractivity contribution in [2.45, 2.75) is 31.8 Å². The number of nitrogens with one attached hydrogen (secondary N) is 1. The van der Waals surface area contributed by atoms with Crippen LogP contribution in [0.5, 0.6) is 0 Å². The van der Waals surface area contributed by atoms with E-state index in [1.165, 1.54) is 0 Å². The van der Waals surface area contributed by atoms with Crippen molar-refractivity contribution in [2.24, 2.45) is 5.92 Å². The Hall–Kier alpha value is -0.390. The number of aliphatic hydroxyl groups excluding tert-OH is 1. The monoisotopic (exact) mass is 317 g/mol. The Morgan fingerprint density at radius 3 is 2.94 bits per heavy atom. The van der Waals surface area contributed by atoms with E-state index in [4.69, 9.17) is 0 Å². The summed E-state index contributed by atoms with van der Waals surface area (Å²) in [5.74, 6) is 0.285. The third kappa shape index (κ3) is 3.79. The van der Waals surface area contributed by atoms with Gasteiger partial charge in [0.2, 0.25) is 5.91 Å². The first-order valence-electron chi connectivity index (χ1n) is 5.84. The highest BCUT2D eigenvalue weighted by Crippen LogP contribution is 2.25. The first-order chi connectivity index (χ1) is 8.15. The van der Waals surface area contributed by atoms with Crippen LogP contribution in [0.1, 0.15) is 24.1 Å². The van der Waals surface area contributed by atoms with Crippen LogP contribution in [-0.4, -0.2) is 23.7 Å². The molecule has 2 N–H and O–H groups in total. The lowest BCUT2D eigenvalue weighted by Gasteiger charge is -2.14. The van der Waals surface area contributed by atoms with E-state index in [0.29, 0.717) is 13.0 Å². The Morgan fingerprint density at radius 1 is 1.53 bits per heavy atom. The summed E-state index contributed by atoms with van der Waals surface area (Å²) >= 11 is 4.96. The number of rotatable bonds is 4. The van der Waals surface area contributed by atoms with Crippen molar-refractivity contribution in [1.82, 2.24) is 5.32 Å².